The molecule has 1 unspecified atom stereocenters. The Bertz CT molecular complexity index is 1530. The molecule has 0 bridgehead atoms. The molecule has 0 aliphatic carbocycles. The average Bonchev–Trinajstić information content (AvgIpc) is 3.03. The number of carbonyl (C=O) groups excluding carboxylic acids is 2. The molecular formula is C35H39N5O4. The number of amides is 2. The minimum absolute atomic E-state index is 0.0120. The highest BCUT2D eigenvalue weighted by atomic mass is 16.6. The number of nitrogens with zero attached hydrogens (tertiary/aromatic N) is 2. The molecule has 9 nitrogen and oxygen atoms in total. The summed E-state index contributed by atoms with van der Waals surface area (Å²) in [5, 5.41) is 17.4. The first-order valence-corrected chi connectivity index (χ1v) is 15.1. The number of rotatable bonds is 10. The van der Waals surface area contributed by atoms with E-state index < -0.39 is 16.7 Å². The van der Waals surface area contributed by atoms with Crippen molar-refractivity contribution in [1.29, 1.82) is 0 Å². The zero-order valence-corrected chi connectivity index (χ0v) is 25.2. The summed E-state index contributed by atoms with van der Waals surface area (Å²) in [5.41, 5.74) is 10.8. The van der Waals surface area contributed by atoms with Crippen molar-refractivity contribution < 1.29 is 14.5 Å². The van der Waals surface area contributed by atoms with E-state index in [0.717, 1.165) is 38.9 Å². The summed E-state index contributed by atoms with van der Waals surface area (Å²) in [5.74, 6) is -1.68. The second kappa shape index (κ2) is 13.3. The van der Waals surface area contributed by atoms with Crippen LogP contribution in [-0.4, -0.2) is 47.8 Å². The Morgan fingerprint density at radius 3 is 1.98 bits per heavy atom. The lowest BCUT2D eigenvalue weighted by Crippen LogP contribution is -2.44. The van der Waals surface area contributed by atoms with E-state index in [4.69, 9.17) is 5.73 Å². The zero-order chi connectivity index (χ0) is 31.3. The second-order valence-corrected chi connectivity index (χ2v) is 11.6. The Morgan fingerprint density at radius 1 is 0.909 bits per heavy atom. The first-order valence-electron chi connectivity index (χ1n) is 15.1. The highest BCUT2D eigenvalue weighted by molar-refractivity contribution is 6.03. The predicted octanol–water partition coefficient (Wildman–Crippen LogP) is 4.90. The van der Waals surface area contributed by atoms with Gasteiger partial charge in [-0.15, -0.1) is 0 Å². The smallest absolute Gasteiger partial charge is 0.269 e. The third-order valence-corrected chi connectivity index (χ3v) is 9.01. The van der Waals surface area contributed by atoms with Gasteiger partial charge in [-0.3, -0.25) is 19.7 Å². The molecule has 0 aromatic heterocycles. The molecule has 0 spiro atoms. The Hall–Kier alpha value is -4.76. The number of allylic oxidation sites excluding steroid dienone is 2. The number of piperidine rings is 1. The third kappa shape index (κ3) is 6.28. The Balaban J connectivity index is 1.23. The van der Waals surface area contributed by atoms with Gasteiger partial charge in [0.25, 0.3) is 5.69 Å². The first-order chi connectivity index (χ1) is 21.2. The van der Waals surface area contributed by atoms with Crippen molar-refractivity contribution in [2.45, 2.75) is 44.4 Å². The fourth-order valence-corrected chi connectivity index (χ4v) is 6.76. The number of nitro groups is 1. The van der Waals surface area contributed by atoms with Crippen LogP contribution in [0.25, 0.3) is 0 Å². The van der Waals surface area contributed by atoms with E-state index in [-0.39, 0.29) is 22.6 Å². The third-order valence-electron chi connectivity index (χ3n) is 9.01. The van der Waals surface area contributed by atoms with Crippen molar-refractivity contribution in [3.8, 4) is 0 Å². The molecule has 1 saturated heterocycles. The normalized spacial score (nSPS) is 18.5. The van der Waals surface area contributed by atoms with Crippen molar-refractivity contribution in [2.24, 2.45) is 5.73 Å². The molecule has 5 rings (SSSR count). The minimum Gasteiger partial charge on any atom is -0.366 e. The highest BCUT2D eigenvalue weighted by Gasteiger charge is 2.38. The van der Waals surface area contributed by atoms with Crippen LogP contribution in [-0.2, 0) is 15.0 Å². The first kappa shape index (κ1) is 30.7. The van der Waals surface area contributed by atoms with Gasteiger partial charge in [-0.05, 0) is 69.4 Å². The number of carbonyl (C=O) groups is 2. The number of benzene rings is 3. The number of dihydropyridines is 1. The molecule has 3 aromatic rings. The Kier molecular flexibility index (Phi) is 9.25. The van der Waals surface area contributed by atoms with E-state index >= 15 is 0 Å². The molecule has 3 aromatic carbocycles. The lowest BCUT2D eigenvalue weighted by Gasteiger charge is -2.43. The predicted molar refractivity (Wildman–Crippen MR) is 171 cm³/mol. The molecule has 2 amide bonds. The number of nitrogens with two attached hydrogens (primary N) is 1. The molecule has 1 atom stereocenters. The summed E-state index contributed by atoms with van der Waals surface area (Å²) in [6, 6.07) is 27.4. The van der Waals surface area contributed by atoms with Crippen molar-refractivity contribution >= 4 is 17.5 Å². The quantitative estimate of drug-likeness (QED) is 0.174. The maximum Gasteiger partial charge on any atom is 0.269 e. The SMILES string of the molecule is CC1=C(C(N)=O)C(c2ccc([N+](=O)[O-])cc2)C(C(=O)NCCCN2CCC(c3ccccc3)(c3ccccc3)CC2)=C(C)N1. The Labute approximate surface area is 258 Å². The number of hydrogen-bond donors (Lipinski definition) is 3. The van der Waals surface area contributed by atoms with E-state index in [2.05, 4.69) is 76.2 Å². The van der Waals surface area contributed by atoms with Gasteiger partial charge < -0.3 is 21.3 Å². The maximum absolute atomic E-state index is 13.6. The van der Waals surface area contributed by atoms with Crippen LogP contribution >= 0.6 is 0 Å². The lowest BCUT2D eigenvalue weighted by atomic mass is 9.68. The molecule has 4 N–H and O–H groups in total. The number of hydrogen-bond acceptors (Lipinski definition) is 6. The van der Waals surface area contributed by atoms with Crippen molar-refractivity contribution in [1.82, 2.24) is 15.5 Å². The van der Waals surface area contributed by atoms with Gasteiger partial charge in [-0.25, -0.2) is 0 Å². The number of non-ortho nitro benzene ring substituents is 1. The summed E-state index contributed by atoms with van der Waals surface area (Å²) in [4.78, 5) is 39.3. The lowest BCUT2D eigenvalue weighted by molar-refractivity contribution is -0.384. The van der Waals surface area contributed by atoms with Gasteiger partial charge in [0.05, 0.1) is 4.92 Å². The molecule has 9 heteroatoms. The molecular weight excluding hydrogens is 554 g/mol. The fourth-order valence-electron chi connectivity index (χ4n) is 6.76. The van der Waals surface area contributed by atoms with Crippen molar-refractivity contribution in [3.63, 3.8) is 0 Å². The van der Waals surface area contributed by atoms with Crippen LogP contribution < -0.4 is 16.4 Å². The molecule has 228 valence electrons. The van der Waals surface area contributed by atoms with Crippen LogP contribution in [0.1, 0.15) is 55.7 Å². The van der Waals surface area contributed by atoms with E-state index in [9.17, 15) is 19.7 Å². The van der Waals surface area contributed by atoms with E-state index in [1.807, 2.05) is 0 Å². The molecule has 2 aliphatic heterocycles. The summed E-state index contributed by atoms with van der Waals surface area (Å²) in [6.45, 7) is 6.76. The topological polar surface area (TPSA) is 131 Å². The van der Waals surface area contributed by atoms with Crippen molar-refractivity contribution in [2.75, 3.05) is 26.2 Å². The van der Waals surface area contributed by atoms with E-state index in [1.165, 1.54) is 23.3 Å². The van der Waals surface area contributed by atoms with Crippen LogP contribution in [0.5, 0.6) is 0 Å². The van der Waals surface area contributed by atoms with Crippen LogP contribution in [0.3, 0.4) is 0 Å². The number of nitrogens with one attached hydrogen (secondary N) is 2. The summed E-state index contributed by atoms with van der Waals surface area (Å²) < 4.78 is 0. The average molecular weight is 594 g/mol. The van der Waals surface area contributed by atoms with Gasteiger partial charge in [0, 0.05) is 52.6 Å². The summed E-state index contributed by atoms with van der Waals surface area (Å²) in [6.07, 6.45) is 2.81. The van der Waals surface area contributed by atoms with Gasteiger partial charge in [0.2, 0.25) is 11.8 Å². The maximum atomic E-state index is 13.6. The standard InChI is InChI=1S/C35H39N5O4/c1-24-30(33(36)41)32(26-14-16-29(17-15-26)40(43)44)31(25(2)38-24)34(42)37-20-9-21-39-22-18-35(19-23-39,27-10-5-3-6-11-27)28-12-7-4-8-13-28/h3-8,10-17,32,38H,9,18-23H2,1-2H3,(H2,36,41)(H,37,42). The van der Waals surface area contributed by atoms with Gasteiger partial charge in [0.15, 0.2) is 0 Å². The minimum atomic E-state index is -0.735. The molecule has 1 fully saturated rings. The van der Waals surface area contributed by atoms with Gasteiger partial charge >= 0.3 is 0 Å². The largest absolute Gasteiger partial charge is 0.366 e. The molecule has 44 heavy (non-hydrogen) atoms. The molecule has 2 aliphatic rings. The zero-order valence-electron chi connectivity index (χ0n) is 25.2. The van der Waals surface area contributed by atoms with Gasteiger partial charge in [-0.1, -0.05) is 72.8 Å². The monoisotopic (exact) mass is 593 g/mol. The van der Waals surface area contributed by atoms with Crippen LogP contribution in [0.2, 0.25) is 0 Å². The van der Waals surface area contributed by atoms with Crippen molar-refractivity contribution in [3.05, 3.63) is 134 Å². The van der Waals surface area contributed by atoms with Crippen LogP contribution in [0.4, 0.5) is 5.69 Å². The van der Waals surface area contributed by atoms with Gasteiger partial charge in [-0.2, -0.15) is 0 Å². The molecule has 0 radical (unpaired) electrons. The summed E-state index contributed by atoms with van der Waals surface area (Å²) >= 11 is 0. The van der Waals surface area contributed by atoms with E-state index in [0.29, 0.717) is 29.1 Å². The Morgan fingerprint density at radius 2 is 1.45 bits per heavy atom. The fraction of sp³-hybridized carbons (Fsp3) is 0.314. The van der Waals surface area contributed by atoms with Crippen LogP contribution in [0.15, 0.2) is 107 Å². The second-order valence-electron chi connectivity index (χ2n) is 11.6. The number of likely N-dealkylation sites (tertiary alicyclic amines) is 1. The van der Waals surface area contributed by atoms with Gasteiger partial charge in [0.1, 0.15) is 0 Å². The molecule has 0 saturated carbocycles. The number of primary amides is 1. The molecule has 2 heterocycles. The highest BCUT2D eigenvalue weighted by Crippen LogP contribution is 2.42. The summed E-state index contributed by atoms with van der Waals surface area (Å²) in [7, 11) is 0. The van der Waals surface area contributed by atoms with Crippen LogP contribution in [0, 0.1) is 10.1 Å². The van der Waals surface area contributed by atoms with E-state index in [1.54, 1.807) is 26.0 Å². The number of nitro benzene ring substituents is 1.